The summed E-state index contributed by atoms with van der Waals surface area (Å²) in [7, 11) is -2.43. The maximum atomic E-state index is 14.2. The van der Waals surface area contributed by atoms with Crippen molar-refractivity contribution in [2.24, 2.45) is 0 Å². The fourth-order valence-corrected chi connectivity index (χ4v) is 11.5. The van der Waals surface area contributed by atoms with E-state index in [4.69, 9.17) is 0 Å². The maximum Gasteiger partial charge on any atom is 0.416 e. The van der Waals surface area contributed by atoms with Crippen molar-refractivity contribution in [3.8, 4) is 0 Å². The molecule has 0 saturated carbocycles. The van der Waals surface area contributed by atoms with Gasteiger partial charge in [-0.1, -0.05) is 132 Å². The minimum absolute atomic E-state index is 0.00804. The highest BCUT2D eigenvalue weighted by Crippen LogP contribution is 2.42. The lowest BCUT2D eigenvalue weighted by Gasteiger charge is -2.46. The van der Waals surface area contributed by atoms with Crippen LogP contribution in [-0.4, -0.2) is 23.9 Å². The van der Waals surface area contributed by atoms with E-state index in [1.54, 1.807) is 6.26 Å². The Balaban J connectivity index is 0.000000294. The third kappa shape index (κ3) is 16.6. The van der Waals surface area contributed by atoms with E-state index in [0.29, 0.717) is 10.5 Å². The van der Waals surface area contributed by atoms with Crippen LogP contribution in [0.4, 0.5) is 111 Å². The number of halogens is 24. The average Bonchev–Trinajstić information content (AvgIpc) is 0.710. The van der Waals surface area contributed by atoms with Crippen molar-refractivity contribution in [1.29, 1.82) is 0 Å². The Bertz CT molecular complexity index is 3390. The fourth-order valence-electron chi connectivity index (χ4n) is 9.90. The Morgan fingerprint density at radius 1 is 0.344 bits per heavy atom. The van der Waals surface area contributed by atoms with E-state index in [9.17, 15) is 114 Å². The van der Waals surface area contributed by atoms with Gasteiger partial charge in [0.15, 0.2) is 10.6 Å². The van der Waals surface area contributed by atoms with E-state index in [2.05, 4.69) is 29.2 Å². The van der Waals surface area contributed by atoms with Crippen molar-refractivity contribution >= 4 is 49.4 Å². The molecule has 8 aromatic carbocycles. The van der Waals surface area contributed by atoms with Gasteiger partial charge in [-0.3, -0.25) is 4.79 Å². The van der Waals surface area contributed by atoms with Crippen LogP contribution in [0.2, 0.25) is 0 Å². The molecule has 1 atom stereocenters. The number of alkyl halides is 24. The van der Waals surface area contributed by atoms with E-state index in [1.807, 2.05) is 91.0 Å². The normalized spacial score (nSPS) is 13.7. The lowest BCUT2D eigenvalue weighted by Crippen LogP contribution is -2.75. The van der Waals surface area contributed by atoms with Gasteiger partial charge in [-0.25, -0.2) is 0 Å². The number of nitrogens with zero attached hydrogens (tertiary/aromatic N) is 1. The van der Waals surface area contributed by atoms with Crippen LogP contribution in [0.3, 0.4) is 0 Å². The number of benzene rings is 8. The van der Waals surface area contributed by atoms with E-state index in [1.165, 1.54) is 11.1 Å². The van der Waals surface area contributed by atoms with E-state index >= 15 is 0 Å². The van der Waals surface area contributed by atoms with Crippen LogP contribution >= 0.6 is 0 Å². The second-order valence-electron chi connectivity index (χ2n) is 20.5. The van der Waals surface area contributed by atoms with Crippen LogP contribution in [0.25, 0.3) is 0 Å². The molecular formula is C61H40BF24NO2S. The predicted octanol–water partition coefficient (Wildman–Crippen LogP) is 17.5. The standard InChI is InChI=1S/C32H12BF24.C29H28NO2S/c34-25(35,36)13-1-14(26(37,38)39)6-21(5-13)33(22-7-15(27(40,41)42)2-16(8-22)28(43,44)45,23-9-17(29(46,47)48)3-18(10-23)30(49,50)51)24-11-19(31(52,53)54)4-20(12-24)32(55,56)57;1-33(32,28-15-9-4-10-16-28)23-29(31)26-17-19-27(20-18-26)30(21-24-11-5-2-6-12-24)22-25-13-7-3-8-14-25/h1-12H;2-20H,21-23H2,1H3/q-1;+1. The summed E-state index contributed by atoms with van der Waals surface area (Å²) < 4.78 is 354. The largest absolute Gasteiger partial charge is 0.416 e. The van der Waals surface area contributed by atoms with Crippen LogP contribution in [-0.2, 0) is 76.6 Å². The van der Waals surface area contributed by atoms with E-state index in [-0.39, 0.29) is 11.5 Å². The number of Topliss-reactive ketones (excluding diaryl/α,β-unsaturated/α-hetero) is 1. The Kier molecular flexibility index (Phi) is 19.4. The third-order valence-electron chi connectivity index (χ3n) is 14.1. The lowest BCUT2D eigenvalue weighted by atomic mass is 9.12. The molecule has 0 aliphatic heterocycles. The van der Waals surface area contributed by atoms with Crippen LogP contribution in [0, 0.1) is 0 Å². The second-order valence-corrected chi connectivity index (χ2v) is 23.3. The molecule has 0 N–H and O–H groups in total. The molecule has 0 aliphatic rings. The highest BCUT2D eigenvalue weighted by atomic mass is 32.2. The number of ketones is 1. The molecule has 0 aromatic heterocycles. The molecule has 0 amide bonds. The Labute approximate surface area is 495 Å². The van der Waals surface area contributed by atoms with Crippen molar-refractivity contribution in [2.75, 3.05) is 16.9 Å². The highest BCUT2D eigenvalue weighted by Gasteiger charge is 2.47. The molecular weight excluding hydrogens is 1280 g/mol. The summed E-state index contributed by atoms with van der Waals surface area (Å²) in [5, 5.41) is 0. The van der Waals surface area contributed by atoms with Gasteiger partial charge in [-0.2, -0.15) is 127 Å². The second kappa shape index (κ2) is 25.2. The van der Waals surface area contributed by atoms with E-state index < -0.39 is 205 Å². The van der Waals surface area contributed by atoms with Gasteiger partial charge < -0.3 is 4.90 Å². The van der Waals surface area contributed by atoms with Gasteiger partial charge in [0.2, 0.25) is 5.78 Å². The number of carbonyl (C=O) groups excluding carboxylic acids is 1. The van der Waals surface area contributed by atoms with E-state index in [0.717, 1.165) is 18.8 Å². The van der Waals surface area contributed by atoms with Crippen molar-refractivity contribution in [3.63, 3.8) is 0 Å². The molecule has 0 heterocycles. The average molecular weight is 1320 g/mol. The van der Waals surface area contributed by atoms with Crippen LogP contribution in [0.1, 0.15) is 66.0 Å². The first-order valence-electron chi connectivity index (χ1n) is 25.6. The molecule has 3 nitrogen and oxygen atoms in total. The zero-order chi connectivity index (χ0) is 67.0. The predicted molar refractivity (Wildman–Crippen MR) is 287 cm³/mol. The number of carbonyl (C=O) groups is 1. The minimum Gasteiger partial charge on any atom is -0.363 e. The zero-order valence-electron chi connectivity index (χ0n) is 45.3. The summed E-state index contributed by atoms with van der Waals surface area (Å²) >= 11 is 0. The third-order valence-corrected chi connectivity index (χ3v) is 16.2. The number of anilines is 1. The molecule has 90 heavy (non-hydrogen) atoms. The molecule has 29 heteroatoms. The van der Waals surface area contributed by atoms with Crippen LogP contribution in [0.15, 0.2) is 193 Å². The fraction of sp³-hybridized carbons (Fsp3) is 0.197. The van der Waals surface area contributed by atoms with Crippen molar-refractivity contribution in [3.05, 3.63) is 249 Å². The number of hydrogen-bond donors (Lipinski definition) is 0. The van der Waals surface area contributed by atoms with Gasteiger partial charge >= 0.3 is 49.4 Å². The van der Waals surface area contributed by atoms with Gasteiger partial charge in [0.25, 0.3) is 0 Å². The Morgan fingerprint density at radius 2 is 0.578 bits per heavy atom. The smallest absolute Gasteiger partial charge is 0.363 e. The molecule has 8 aromatic rings. The maximum absolute atomic E-state index is 14.2. The SMILES string of the molecule is C[S+](=O)(CC(=O)c1ccc(N(Cc2ccccc2)Cc2ccccc2)cc1)c1ccccc1.FC(F)(F)c1cc([B-](c2cc(C(F)(F)F)cc(C(F)(F)F)c2)(c2cc(C(F)(F)F)cc(C(F)(F)F)c2)c2cc(C(F)(F)F)cc(C(F)(F)F)c2)cc(C(F)(F)F)c1. The molecule has 478 valence electrons. The van der Waals surface area contributed by atoms with Gasteiger partial charge in [-0.15, -0.1) is 0 Å². The van der Waals surface area contributed by atoms with Gasteiger partial charge in [0.05, 0.1) is 44.5 Å². The monoisotopic (exact) mass is 1320 g/mol. The molecule has 0 aliphatic carbocycles. The number of hydrogen-bond acceptors (Lipinski definition) is 3. The minimum atomic E-state index is -6.13. The summed E-state index contributed by atoms with van der Waals surface area (Å²) in [4.78, 5) is 15.9. The number of rotatable bonds is 13. The first-order chi connectivity index (χ1) is 41.3. The first kappa shape index (κ1) is 69.2. The quantitative estimate of drug-likeness (QED) is 0.0500. The summed E-state index contributed by atoms with van der Waals surface area (Å²) in [5.41, 5.74) is -26.1. The molecule has 0 saturated heterocycles. The highest BCUT2D eigenvalue weighted by molar-refractivity contribution is 8.03. The topological polar surface area (TPSA) is 37.4 Å². The van der Waals surface area contributed by atoms with Crippen molar-refractivity contribution < 1.29 is 114 Å². The summed E-state index contributed by atoms with van der Waals surface area (Å²) in [6, 6.07) is 28.8. The van der Waals surface area contributed by atoms with Crippen LogP contribution in [0.5, 0.6) is 0 Å². The van der Waals surface area contributed by atoms with Crippen molar-refractivity contribution in [1.82, 2.24) is 0 Å². The summed E-state index contributed by atoms with van der Waals surface area (Å²) in [5.74, 6) is -0.0933. The van der Waals surface area contributed by atoms with Gasteiger partial charge in [0, 0.05) is 24.3 Å². The lowest BCUT2D eigenvalue weighted by molar-refractivity contribution is -0.144. The summed E-state index contributed by atoms with van der Waals surface area (Å²) in [6.07, 6.45) is -53.1. The van der Waals surface area contributed by atoms with Crippen LogP contribution < -0.4 is 26.8 Å². The first-order valence-corrected chi connectivity index (χ1v) is 27.7. The van der Waals surface area contributed by atoms with Crippen molar-refractivity contribution in [2.45, 2.75) is 67.4 Å². The zero-order valence-corrected chi connectivity index (χ0v) is 46.2. The van der Waals surface area contributed by atoms with Gasteiger partial charge in [0.1, 0.15) is 22.3 Å². The molecule has 1 unspecified atom stereocenters. The molecule has 0 fully saturated rings. The van der Waals surface area contributed by atoms with Gasteiger partial charge in [-0.05, 0) is 71.8 Å². The summed E-state index contributed by atoms with van der Waals surface area (Å²) in [6.45, 7) is 1.53. The Morgan fingerprint density at radius 3 is 0.811 bits per heavy atom. The molecule has 0 bridgehead atoms. The molecule has 0 spiro atoms. The molecule has 0 radical (unpaired) electrons. The molecule has 8 rings (SSSR count). The Hall–Kier alpha value is -8.24.